The summed E-state index contributed by atoms with van der Waals surface area (Å²) in [6.45, 7) is 0. The average molecular weight is 331 g/mol. The van der Waals surface area contributed by atoms with Crippen LogP contribution in [0.3, 0.4) is 0 Å². The highest BCUT2D eigenvalue weighted by molar-refractivity contribution is 9.09. The quantitative estimate of drug-likeness (QED) is 0.726. The molecule has 0 amide bonds. The van der Waals surface area contributed by atoms with E-state index in [9.17, 15) is 0 Å². The molecule has 0 saturated carbocycles. The fraction of sp³-hybridized carbons (Fsp3) is 0.333. The largest absolute Gasteiger partial charge is 0.490 e. The summed E-state index contributed by atoms with van der Waals surface area (Å²) in [4.78, 5) is 0. The van der Waals surface area contributed by atoms with Gasteiger partial charge in [-0.15, -0.1) is 0 Å². The molecular weight excluding hydrogens is 312 g/mol. The van der Waals surface area contributed by atoms with Gasteiger partial charge in [-0.3, -0.25) is 0 Å². The van der Waals surface area contributed by atoms with Gasteiger partial charge in [0, 0.05) is 11.8 Å². The third kappa shape index (κ3) is 3.24. The van der Waals surface area contributed by atoms with Gasteiger partial charge in [-0.25, -0.2) is 0 Å². The van der Waals surface area contributed by atoms with Gasteiger partial charge in [-0.2, -0.15) is 0 Å². The van der Waals surface area contributed by atoms with Crippen molar-refractivity contribution in [3.8, 4) is 5.75 Å². The summed E-state index contributed by atoms with van der Waals surface area (Å²) in [5.41, 5.74) is 2.76. The number of halogens is 1. The molecule has 2 heteroatoms. The third-order valence-electron chi connectivity index (χ3n) is 3.90. The summed E-state index contributed by atoms with van der Waals surface area (Å²) in [7, 11) is 0. The highest BCUT2D eigenvalue weighted by Crippen LogP contribution is 2.31. The molecule has 1 heterocycles. The summed E-state index contributed by atoms with van der Waals surface area (Å²) in [5.74, 6) is 1.70. The van der Waals surface area contributed by atoms with E-state index in [1.807, 2.05) is 6.07 Å². The van der Waals surface area contributed by atoms with Crippen LogP contribution in [0.15, 0.2) is 54.6 Å². The summed E-state index contributed by atoms with van der Waals surface area (Å²) in [6, 6.07) is 19.1. The highest BCUT2D eigenvalue weighted by atomic mass is 79.9. The summed E-state index contributed by atoms with van der Waals surface area (Å²) in [5, 5.41) is 1.03. The van der Waals surface area contributed by atoms with Crippen molar-refractivity contribution in [1.29, 1.82) is 0 Å². The van der Waals surface area contributed by atoms with Crippen molar-refractivity contribution in [2.45, 2.75) is 25.4 Å². The van der Waals surface area contributed by atoms with Crippen LogP contribution in [-0.4, -0.2) is 11.4 Å². The fourth-order valence-electron chi connectivity index (χ4n) is 2.91. The number of ether oxygens (including phenoxy) is 1. The van der Waals surface area contributed by atoms with Gasteiger partial charge < -0.3 is 4.74 Å². The van der Waals surface area contributed by atoms with Gasteiger partial charge in [0.15, 0.2) is 0 Å². The lowest BCUT2D eigenvalue weighted by molar-refractivity contribution is 0.199. The number of alkyl halides is 1. The van der Waals surface area contributed by atoms with Crippen LogP contribution in [-0.2, 0) is 12.8 Å². The maximum absolute atomic E-state index is 6.06. The van der Waals surface area contributed by atoms with Crippen molar-refractivity contribution in [3.05, 3.63) is 65.7 Å². The molecular formula is C18H19BrO. The molecule has 0 aromatic heterocycles. The molecule has 0 N–H and O–H groups in total. The van der Waals surface area contributed by atoms with Crippen LogP contribution in [0.1, 0.15) is 17.5 Å². The Hall–Kier alpha value is -1.28. The van der Waals surface area contributed by atoms with E-state index in [4.69, 9.17) is 4.74 Å². The number of hydrogen-bond donors (Lipinski definition) is 0. The summed E-state index contributed by atoms with van der Waals surface area (Å²) >= 11 is 3.66. The standard InChI is InChI=1S/C18H19BrO/c19-13-15(10-14-6-2-1-3-7-14)11-17-12-16-8-4-5-9-18(16)20-17/h1-9,15,17H,10-13H2. The van der Waals surface area contributed by atoms with Crippen LogP contribution in [0.4, 0.5) is 0 Å². The second-order valence-corrected chi connectivity index (χ2v) is 6.14. The first-order valence-electron chi connectivity index (χ1n) is 7.19. The van der Waals surface area contributed by atoms with E-state index in [1.54, 1.807) is 0 Å². The van der Waals surface area contributed by atoms with E-state index in [-0.39, 0.29) is 0 Å². The Kier molecular flexibility index (Phi) is 4.41. The lowest BCUT2D eigenvalue weighted by atomic mass is 9.94. The Morgan fingerprint density at radius 1 is 1.05 bits per heavy atom. The summed E-state index contributed by atoms with van der Waals surface area (Å²) < 4.78 is 6.06. The Bertz CT molecular complexity index is 527. The molecule has 2 unspecified atom stereocenters. The van der Waals surface area contributed by atoms with E-state index in [2.05, 4.69) is 64.5 Å². The van der Waals surface area contributed by atoms with E-state index >= 15 is 0 Å². The van der Waals surface area contributed by atoms with Crippen molar-refractivity contribution < 1.29 is 4.74 Å². The monoisotopic (exact) mass is 330 g/mol. The predicted molar refractivity (Wildman–Crippen MR) is 86.6 cm³/mol. The molecule has 0 radical (unpaired) electrons. The van der Waals surface area contributed by atoms with Gasteiger partial charge >= 0.3 is 0 Å². The third-order valence-corrected chi connectivity index (χ3v) is 4.81. The lowest BCUT2D eigenvalue weighted by Crippen LogP contribution is -2.20. The minimum atomic E-state index is 0.332. The van der Waals surface area contributed by atoms with Gasteiger partial charge in [0.2, 0.25) is 0 Å². The van der Waals surface area contributed by atoms with Gasteiger partial charge in [0.1, 0.15) is 11.9 Å². The van der Waals surface area contributed by atoms with Crippen LogP contribution >= 0.6 is 15.9 Å². The molecule has 2 atom stereocenters. The smallest absolute Gasteiger partial charge is 0.123 e. The van der Waals surface area contributed by atoms with Gasteiger partial charge in [0.05, 0.1) is 0 Å². The van der Waals surface area contributed by atoms with Crippen LogP contribution in [0, 0.1) is 5.92 Å². The Morgan fingerprint density at radius 2 is 1.80 bits per heavy atom. The number of hydrogen-bond acceptors (Lipinski definition) is 1. The highest BCUT2D eigenvalue weighted by Gasteiger charge is 2.25. The molecule has 20 heavy (non-hydrogen) atoms. The Morgan fingerprint density at radius 3 is 2.55 bits per heavy atom. The van der Waals surface area contributed by atoms with E-state index < -0.39 is 0 Å². The molecule has 1 aliphatic heterocycles. The van der Waals surface area contributed by atoms with Crippen LogP contribution < -0.4 is 4.74 Å². The zero-order valence-electron chi connectivity index (χ0n) is 11.5. The van der Waals surface area contributed by atoms with Gasteiger partial charge in [-0.05, 0) is 36.0 Å². The molecule has 2 aromatic carbocycles. The van der Waals surface area contributed by atoms with Crippen molar-refractivity contribution in [3.63, 3.8) is 0 Å². The number of benzene rings is 2. The minimum absolute atomic E-state index is 0.332. The van der Waals surface area contributed by atoms with Crippen LogP contribution in [0.5, 0.6) is 5.75 Å². The second kappa shape index (κ2) is 6.45. The zero-order chi connectivity index (χ0) is 13.8. The Labute approximate surface area is 129 Å². The van der Waals surface area contributed by atoms with Crippen molar-refractivity contribution >= 4 is 15.9 Å². The minimum Gasteiger partial charge on any atom is -0.490 e. The maximum Gasteiger partial charge on any atom is 0.123 e. The topological polar surface area (TPSA) is 9.23 Å². The molecule has 2 aromatic rings. The van der Waals surface area contributed by atoms with Crippen LogP contribution in [0.25, 0.3) is 0 Å². The van der Waals surface area contributed by atoms with Crippen molar-refractivity contribution in [2.75, 3.05) is 5.33 Å². The van der Waals surface area contributed by atoms with Gasteiger partial charge in [-0.1, -0.05) is 64.5 Å². The Balaban J connectivity index is 1.60. The second-order valence-electron chi connectivity index (χ2n) is 5.50. The first kappa shape index (κ1) is 13.7. The van der Waals surface area contributed by atoms with E-state index in [0.717, 1.165) is 30.3 Å². The molecule has 1 nitrogen and oxygen atoms in total. The van der Waals surface area contributed by atoms with E-state index in [0.29, 0.717) is 12.0 Å². The number of fused-ring (bicyclic) bond motifs is 1. The van der Waals surface area contributed by atoms with E-state index in [1.165, 1.54) is 11.1 Å². The predicted octanol–water partition coefficient (Wildman–Crippen LogP) is 4.63. The first-order valence-corrected chi connectivity index (χ1v) is 8.31. The molecule has 0 fully saturated rings. The first-order chi connectivity index (χ1) is 9.85. The summed E-state index contributed by atoms with van der Waals surface area (Å²) in [6.07, 6.45) is 3.60. The normalized spacial score (nSPS) is 18.4. The van der Waals surface area contributed by atoms with Gasteiger partial charge in [0.25, 0.3) is 0 Å². The lowest BCUT2D eigenvalue weighted by Gasteiger charge is -2.18. The molecule has 0 aliphatic carbocycles. The molecule has 1 aliphatic rings. The van der Waals surface area contributed by atoms with Crippen molar-refractivity contribution in [2.24, 2.45) is 5.92 Å². The molecule has 104 valence electrons. The number of para-hydroxylation sites is 1. The van der Waals surface area contributed by atoms with Crippen molar-refractivity contribution in [1.82, 2.24) is 0 Å². The molecule has 0 spiro atoms. The SMILES string of the molecule is BrCC(Cc1ccccc1)CC1Cc2ccccc2O1. The average Bonchev–Trinajstić information content (AvgIpc) is 2.90. The molecule has 3 rings (SSSR count). The zero-order valence-corrected chi connectivity index (χ0v) is 13.1. The molecule has 0 bridgehead atoms. The number of rotatable bonds is 5. The van der Waals surface area contributed by atoms with Crippen LogP contribution in [0.2, 0.25) is 0 Å². The maximum atomic E-state index is 6.06. The fourth-order valence-corrected chi connectivity index (χ4v) is 3.40. The molecule has 0 saturated heterocycles.